The first-order valence-corrected chi connectivity index (χ1v) is 8.35. The van der Waals surface area contributed by atoms with Crippen LogP contribution in [-0.2, 0) is 9.53 Å². The van der Waals surface area contributed by atoms with Gasteiger partial charge in [-0.3, -0.25) is 18.8 Å². The normalized spacial score (nSPS) is 11.9. The van der Waals surface area contributed by atoms with Crippen LogP contribution in [-0.4, -0.2) is 28.4 Å². The Labute approximate surface area is 146 Å². The van der Waals surface area contributed by atoms with Crippen molar-refractivity contribution in [3.63, 3.8) is 0 Å². The molecule has 0 fully saturated rings. The monoisotopic (exact) mass is 357 g/mol. The zero-order chi connectivity index (χ0) is 17.8. The third kappa shape index (κ3) is 3.58. The Morgan fingerprint density at radius 1 is 1.32 bits per heavy atom. The minimum absolute atomic E-state index is 0.0227. The molecule has 7 nitrogen and oxygen atoms in total. The molecule has 0 radical (unpaired) electrons. The lowest BCUT2D eigenvalue weighted by molar-refractivity contribution is -0.141. The minimum Gasteiger partial charge on any atom is -0.469 e. The van der Waals surface area contributed by atoms with Gasteiger partial charge in [0, 0.05) is 17.3 Å². The fraction of sp³-hybridized carbons (Fsp3) is 0.176. The van der Waals surface area contributed by atoms with E-state index < -0.39 is 23.5 Å². The topological polar surface area (TPSA) is 89.8 Å². The number of aromatic nitrogens is 2. The number of nitrogens with zero attached hydrogens (tertiary/aromatic N) is 2. The number of amides is 1. The smallest absolute Gasteiger partial charge is 0.307 e. The number of methoxy groups -OCH3 is 1. The zero-order valence-corrected chi connectivity index (χ0v) is 14.2. The summed E-state index contributed by atoms with van der Waals surface area (Å²) in [4.78, 5) is 41.6. The summed E-state index contributed by atoms with van der Waals surface area (Å²) >= 11 is 1.41. The lowest BCUT2D eigenvalue weighted by Crippen LogP contribution is -2.35. The highest BCUT2D eigenvalue weighted by atomic mass is 32.1. The van der Waals surface area contributed by atoms with E-state index in [1.807, 2.05) is 17.5 Å². The van der Waals surface area contributed by atoms with Gasteiger partial charge in [-0.2, -0.15) is 0 Å². The number of fused-ring (bicyclic) bond motifs is 1. The average Bonchev–Trinajstić information content (AvgIpc) is 3.16. The second kappa shape index (κ2) is 7.27. The number of carbonyl (C=O) groups is 2. The van der Waals surface area contributed by atoms with Crippen LogP contribution in [0.3, 0.4) is 0 Å². The Balaban J connectivity index is 1.90. The van der Waals surface area contributed by atoms with Gasteiger partial charge in [-0.1, -0.05) is 12.1 Å². The molecule has 128 valence electrons. The number of pyridine rings is 1. The maximum atomic E-state index is 12.6. The van der Waals surface area contributed by atoms with Gasteiger partial charge >= 0.3 is 5.97 Å². The van der Waals surface area contributed by atoms with Gasteiger partial charge in [-0.25, -0.2) is 4.98 Å². The molecule has 1 amide bonds. The Kier molecular flexibility index (Phi) is 4.90. The molecule has 3 heterocycles. The Morgan fingerprint density at radius 3 is 2.88 bits per heavy atom. The Hall–Kier alpha value is -3.00. The predicted octanol–water partition coefficient (Wildman–Crippen LogP) is 1.79. The molecule has 0 aliphatic rings. The maximum absolute atomic E-state index is 12.6. The van der Waals surface area contributed by atoms with E-state index in [4.69, 9.17) is 0 Å². The number of hydrogen-bond donors (Lipinski definition) is 1. The van der Waals surface area contributed by atoms with Gasteiger partial charge < -0.3 is 10.1 Å². The molecule has 0 aliphatic carbocycles. The largest absolute Gasteiger partial charge is 0.469 e. The van der Waals surface area contributed by atoms with E-state index in [2.05, 4.69) is 15.0 Å². The molecule has 3 rings (SSSR count). The van der Waals surface area contributed by atoms with Crippen molar-refractivity contribution in [3.8, 4) is 0 Å². The molecule has 0 saturated carbocycles. The summed E-state index contributed by atoms with van der Waals surface area (Å²) in [6.45, 7) is 0. The summed E-state index contributed by atoms with van der Waals surface area (Å²) in [6.07, 6.45) is 2.77. The van der Waals surface area contributed by atoms with Gasteiger partial charge in [-0.05, 0) is 23.6 Å². The van der Waals surface area contributed by atoms with Gasteiger partial charge in [0.25, 0.3) is 11.5 Å². The molecular weight excluding hydrogens is 342 g/mol. The average molecular weight is 357 g/mol. The van der Waals surface area contributed by atoms with Crippen molar-refractivity contribution >= 4 is 28.9 Å². The van der Waals surface area contributed by atoms with Crippen LogP contribution in [0.1, 0.15) is 27.7 Å². The third-order valence-corrected chi connectivity index (χ3v) is 4.63. The number of carbonyl (C=O) groups excluding carboxylic acids is 2. The SMILES string of the molecule is COC(=O)CC(NC(=O)c1cnc2ccccn2c1=O)c1cccs1. The summed E-state index contributed by atoms with van der Waals surface area (Å²) < 4.78 is 5.98. The third-order valence-electron chi connectivity index (χ3n) is 3.65. The van der Waals surface area contributed by atoms with E-state index in [0.29, 0.717) is 5.65 Å². The van der Waals surface area contributed by atoms with Gasteiger partial charge in [0.05, 0.1) is 19.6 Å². The van der Waals surface area contributed by atoms with Crippen LogP contribution in [0.2, 0.25) is 0 Å². The van der Waals surface area contributed by atoms with Gasteiger partial charge in [0.1, 0.15) is 11.2 Å². The second-order valence-corrected chi connectivity index (χ2v) is 6.21. The Bertz CT molecular complexity index is 965. The van der Waals surface area contributed by atoms with Crippen LogP contribution in [0, 0.1) is 0 Å². The van der Waals surface area contributed by atoms with E-state index in [-0.39, 0.29) is 12.0 Å². The van der Waals surface area contributed by atoms with Crippen molar-refractivity contribution in [2.75, 3.05) is 7.11 Å². The predicted molar refractivity (Wildman–Crippen MR) is 92.6 cm³/mol. The number of rotatable bonds is 5. The molecule has 25 heavy (non-hydrogen) atoms. The van der Waals surface area contributed by atoms with E-state index in [1.165, 1.54) is 29.0 Å². The van der Waals surface area contributed by atoms with Crippen LogP contribution >= 0.6 is 11.3 Å². The number of thiophene rings is 1. The summed E-state index contributed by atoms with van der Waals surface area (Å²) in [6, 6.07) is 8.17. The highest BCUT2D eigenvalue weighted by Gasteiger charge is 2.22. The molecule has 0 saturated heterocycles. The van der Waals surface area contributed by atoms with Crippen LogP contribution in [0.4, 0.5) is 0 Å². The highest BCUT2D eigenvalue weighted by Crippen LogP contribution is 2.22. The number of ether oxygens (including phenoxy) is 1. The summed E-state index contributed by atoms with van der Waals surface area (Å²) in [7, 11) is 1.29. The summed E-state index contributed by atoms with van der Waals surface area (Å²) in [5.41, 5.74) is -0.102. The lowest BCUT2D eigenvalue weighted by atomic mass is 10.1. The van der Waals surface area contributed by atoms with Crippen LogP contribution in [0.25, 0.3) is 5.65 Å². The fourth-order valence-corrected chi connectivity index (χ4v) is 3.16. The number of esters is 1. The summed E-state index contributed by atoms with van der Waals surface area (Å²) in [5, 5.41) is 4.57. The van der Waals surface area contributed by atoms with Crippen molar-refractivity contribution in [2.24, 2.45) is 0 Å². The van der Waals surface area contributed by atoms with Crippen LogP contribution < -0.4 is 10.9 Å². The molecule has 0 bridgehead atoms. The highest BCUT2D eigenvalue weighted by molar-refractivity contribution is 7.10. The maximum Gasteiger partial charge on any atom is 0.307 e. The molecular formula is C17H15N3O4S. The van der Waals surface area contributed by atoms with Gasteiger partial charge in [0.2, 0.25) is 0 Å². The molecule has 3 aromatic heterocycles. The van der Waals surface area contributed by atoms with Crippen molar-refractivity contribution in [2.45, 2.75) is 12.5 Å². The Morgan fingerprint density at radius 2 is 2.16 bits per heavy atom. The van der Waals surface area contributed by atoms with E-state index >= 15 is 0 Å². The first-order valence-electron chi connectivity index (χ1n) is 7.47. The minimum atomic E-state index is -0.585. The zero-order valence-electron chi connectivity index (χ0n) is 13.3. The molecule has 1 N–H and O–H groups in total. The van der Waals surface area contributed by atoms with Crippen molar-refractivity contribution in [1.29, 1.82) is 0 Å². The standard InChI is InChI=1S/C17H15N3O4S/c1-24-15(21)9-12(13-5-4-8-25-13)19-16(22)11-10-18-14-6-2-3-7-20(14)17(11)23/h2-8,10,12H,9H2,1H3,(H,19,22). The summed E-state index contributed by atoms with van der Waals surface area (Å²) in [5.74, 6) is -1.04. The van der Waals surface area contributed by atoms with Crippen molar-refractivity contribution < 1.29 is 14.3 Å². The molecule has 0 aromatic carbocycles. The molecule has 8 heteroatoms. The molecule has 0 spiro atoms. The van der Waals surface area contributed by atoms with E-state index in [1.54, 1.807) is 24.4 Å². The van der Waals surface area contributed by atoms with Crippen molar-refractivity contribution in [1.82, 2.24) is 14.7 Å². The van der Waals surface area contributed by atoms with Crippen LogP contribution in [0.15, 0.2) is 52.9 Å². The van der Waals surface area contributed by atoms with Crippen LogP contribution in [0.5, 0.6) is 0 Å². The lowest BCUT2D eigenvalue weighted by Gasteiger charge is -2.16. The van der Waals surface area contributed by atoms with E-state index in [0.717, 1.165) is 4.88 Å². The molecule has 0 aliphatic heterocycles. The number of hydrogen-bond acceptors (Lipinski definition) is 6. The first-order chi connectivity index (χ1) is 12.1. The first kappa shape index (κ1) is 16.8. The molecule has 1 atom stereocenters. The van der Waals surface area contributed by atoms with Crippen molar-refractivity contribution in [3.05, 3.63) is 68.9 Å². The number of nitrogens with one attached hydrogen (secondary N) is 1. The molecule has 3 aromatic rings. The van der Waals surface area contributed by atoms with E-state index in [9.17, 15) is 14.4 Å². The molecule has 1 unspecified atom stereocenters. The fourth-order valence-electron chi connectivity index (χ4n) is 2.38. The second-order valence-electron chi connectivity index (χ2n) is 5.23. The van der Waals surface area contributed by atoms with Gasteiger partial charge in [-0.15, -0.1) is 11.3 Å². The quantitative estimate of drug-likeness (QED) is 0.703. The van der Waals surface area contributed by atoms with Gasteiger partial charge in [0.15, 0.2) is 0 Å².